The van der Waals surface area contributed by atoms with Crippen LogP contribution in [0.3, 0.4) is 0 Å². The molecule has 1 aromatic carbocycles. The number of hydrogen-bond donors (Lipinski definition) is 0. The zero-order valence-corrected chi connectivity index (χ0v) is 20.0. The van der Waals surface area contributed by atoms with E-state index in [1.165, 1.54) is 43.2 Å². The highest BCUT2D eigenvalue weighted by Gasteiger charge is 2.55. The van der Waals surface area contributed by atoms with Crippen molar-refractivity contribution in [2.45, 2.75) is 81.3 Å². The SMILES string of the molecule is CC(Sc1nnc(-c2ccc(F)cc2)n1CC1CCCO1)C(=O)C12CC3CC(CC(C3)C1)C2. The molecule has 5 aliphatic rings. The van der Waals surface area contributed by atoms with Crippen molar-refractivity contribution in [3.63, 3.8) is 0 Å². The van der Waals surface area contributed by atoms with Gasteiger partial charge < -0.3 is 4.74 Å². The van der Waals surface area contributed by atoms with Crippen molar-refractivity contribution in [2.75, 3.05) is 6.61 Å². The second-order valence-corrected chi connectivity index (χ2v) is 12.2. The molecule has 7 heteroatoms. The van der Waals surface area contributed by atoms with E-state index in [1.54, 1.807) is 12.1 Å². The Morgan fingerprint density at radius 2 is 1.82 bits per heavy atom. The number of benzene rings is 1. The molecule has 1 aliphatic heterocycles. The number of carbonyl (C=O) groups is 1. The number of hydrogen-bond acceptors (Lipinski definition) is 5. The maximum absolute atomic E-state index is 13.8. The fourth-order valence-corrected chi connectivity index (χ4v) is 8.45. The van der Waals surface area contributed by atoms with E-state index in [1.807, 2.05) is 6.92 Å². The molecule has 0 radical (unpaired) electrons. The van der Waals surface area contributed by atoms with Gasteiger partial charge in [0, 0.05) is 17.6 Å². The predicted octanol–water partition coefficient (Wildman–Crippen LogP) is 5.53. The molecule has 33 heavy (non-hydrogen) atoms. The van der Waals surface area contributed by atoms with Gasteiger partial charge in [-0.05, 0) is 100 Å². The van der Waals surface area contributed by atoms with Crippen LogP contribution in [-0.2, 0) is 16.1 Å². The second kappa shape index (κ2) is 8.49. The first-order valence-corrected chi connectivity index (χ1v) is 13.4. The first kappa shape index (κ1) is 21.8. The van der Waals surface area contributed by atoms with Gasteiger partial charge in [0.2, 0.25) is 0 Å². The third kappa shape index (κ3) is 4.05. The lowest BCUT2D eigenvalue weighted by Crippen LogP contribution is -2.51. The lowest BCUT2D eigenvalue weighted by molar-refractivity contribution is -0.143. The van der Waals surface area contributed by atoms with Crippen molar-refractivity contribution in [1.82, 2.24) is 14.8 Å². The molecule has 2 heterocycles. The Kier molecular flexibility index (Phi) is 5.60. The van der Waals surface area contributed by atoms with Crippen LogP contribution in [0.4, 0.5) is 4.39 Å². The lowest BCUT2D eigenvalue weighted by atomic mass is 9.48. The first-order chi connectivity index (χ1) is 16.0. The summed E-state index contributed by atoms with van der Waals surface area (Å²) in [6.07, 6.45) is 9.47. The molecule has 4 saturated carbocycles. The molecule has 2 atom stereocenters. The standard InChI is InChI=1S/C26H32FN3O2S/c1-16(23(31)26-12-17-9-18(13-26)11-19(10-17)14-26)33-25-29-28-24(20-4-6-21(27)7-5-20)30(25)15-22-3-2-8-32-22/h4-7,16-19,22H,2-3,8-15H2,1H3. The molecular weight excluding hydrogens is 437 g/mol. The molecule has 2 unspecified atom stereocenters. The van der Waals surface area contributed by atoms with Crippen LogP contribution in [0.1, 0.15) is 58.3 Å². The number of thioether (sulfide) groups is 1. The fourth-order valence-electron chi connectivity index (χ4n) is 7.40. The summed E-state index contributed by atoms with van der Waals surface area (Å²) in [7, 11) is 0. The number of ketones is 1. The van der Waals surface area contributed by atoms with Crippen molar-refractivity contribution < 1.29 is 13.9 Å². The topological polar surface area (TPSA) is 57.0 Å². The molecule has 1 aromatic heterocycles. The third-order valence-corrected chi connectivity index (χ3v) is 9.52. The van der Waals surface area contributed by atoms with Crippen LogP contribution in [0, 0.1) is 29.0 Å². The summed E-state index contributed by atoms with van der Waals surface area (Å²) in [4.78, 5) is 13.8. The quantitative estimate of drug-likeness (QED) is 0.499. The highest BCUT2D eigenvalue weighted by atomic mass is 32.2. The van der Waals surface area contributed by atoms with Gasteiger partial charge in [0.1, 0.15) is 5.82 Å². The molecule has 5 fully saturated rings. The number of halogens is 1. The lowest BCUT2D eigenvalue weighted by Gasteiger charge is -2.56. The number of nitrogens with zero attached hydrogens (tertiary/aromatic N) is 3. The van der Waals surface area contributed by atoms with Crippen LogP contribution < -0.4 is 0 Å². The molecule has 4 aliphatic carbocycles. The van der Waals surface area contributed by atoms with Crippen LogP contribution >= 0.6 is 11.8 Å². The maximum atomic E-state index is 13.8. The van der Waals surface area contributed by atoms with Crippen LogP contribution in [0.5, 0.6) is 0 Å². The summed E-state index contributed by atoms with van der Waals surface area (Å²) >= 11 is 1.54. The molecule has 0 N–H and O–H groups in total. The maximum Gasteiger partial charge on any atom is 0.192 e. The number of Topliss-reactive ketones (excluding diaryl/α,β-unsaturated/α-hetero) is 1. The Balaban J connectivity index is 1.26. The van der Waals surface area contributed by atoms with Crippen molar-refractivity contribution >= 4 is 17.5 Å². The van der Waals surface area contributed by atoms with E-state index in [9.17, 15) is 9.18 Å². The average Bonchev–Trinajstić information content (AvgIpc) is 3.44. The van der Waals surface area contributed by atoms with E-state index in [0.717, 1.165) is 67.2 Å². The molecule has 1 saturated heterocycles. The Morgan fingerprint density at radius 1 is 1.15 bits per heavy atom. The van der Waals surface area contributed by atoms with Crippen molar-refractivity contribution in [2.24, 2.45) is 23.2 Å². The molecule has 0 spiro atoms. The van der Waals surface area contributed by atoms with E-state index in [2.05, 4.69) is 14.8 Å². The van der Waals surface area contributed by atoms with E-state index < -0.39 is 0 Å². The monoisotopic (exact) mass is 469 g/mol. The minimum Gasteiger partial charge on any atom is -0.376 e. The fraction of sp³-hybridized carbons (Fsp3) is 0.654. The second-order valence-electron chi connectivity index (χ2n) is 10.9. The smallest absolute Gasteiger partial charge is 0.192 e. The normalized spacial score (nSPS) is 33.5. The zero-order valence-electron chi connectivity index (χ0n) is 19.2. The molecule has 0 amide bonds. The molecular formula is C26H32FN3O2S. The Labute approximate surface area is 198 Å². The number of rotatable bonds is 7. The van der Waals surface area contributed by atoms with Gasteiger partial charge in [-0.15, -0.1) is 10.2 Å². The Morgan fingerprint density at radius 3 is 2.42 bits per heavy atom. The van der Waals surface area contributed by atoms with Crippen LogP contribution in [0.2, 0.25) is 0 Å². The summed E-state index contributed by atoms with van der Waals surface area (Å²) in [5.41, 5.74) is 0.717. The summed E-state index contributed by atoms with van der Waals surface area (Å²) in [6, 6.07) is 6.38. The zero-order chi connectivity index (χ0) is 22.6. The van der Waals surface area contributed by atoms with Gasteiger partial charge in [0.15, 0.2) is 16.8 Å². The van der Waals surface area contributed by atoms with Crippen LogP contribution in [0.15, 0.2) is 29.4 Å². The molecule has 4 bridgehead atoms. The summed E-state index contributed by atoms with van der Waals surface area (Å²) in [5, 5.41) is 9.57. The van der Waals surface area contributed by atoms with Gasteiger partial charge in [-0.3, -0.25) is 9.36 Å². The van der Waals surface area contributed by atoms with Crippen molar-refractivity contribution in [3.05, 3.63) is 30.1 Å². The number of aromatic nitrogens is 3. The third-order valence-electron chi connectivity index (χ3n) is 8.44. The molecule has 7 rings (SSSR count). The molecule has 5 nitrogen and oxygen atoms in total. The van der Waals surface area contributed by atoms with E-state index >= 15 is 0 Å². The molecule has 2 aromatic rings. The first-order valence-electron chi connectivity index (χ1n) is 12.5. The van der Waals surface area contributed by atoms with E-state index in [0.29, 0.717) is 18.2 Å². The van der Waals surface area contributed by atoms with Gasteiger partial charge in [-0.2, -0.15) is 0 Å². The van der Waals surface area contributed by atoms with E-state index in [4.69, 9.17) is 4.74 Å². The summed E-state index contributed by atoms with van der Waals surface area (Å²) in [5.74, 6) is 3.12. The van der Waals surface area contributed by atoms with Crippen molar-refractivity contribution in [3.8, 4) is 11.4 Å². The van der Waals surface area contributed by atoms with Gasteiger partial charge in [0.25, 0.3) is 0 Å². The van der Waals surface area contributed by atoms with Crippen LogP contribution in [0.25, 0.3) is 11.4 Å². The largest absolute Gasteiger partial charge is 0.376 e. The Hall–Kier alpha value is -1.73. The van der Waals surface area contributed by atoms with Crippen LogP contribution in [-0.4, -0.2) is 38.5 Å². The summed E-state index contributed by atoms with van der Waals surface area (Å²) in [6.45, 7) is 3.48. The van der Waals surface area contributed by atoms with Gasteiger partial charge in [-0.1, -0.05) is 11.8 Å². The highest BCUT2D eigenvalue weighted by Crippen LogP contribution is 2.61. The minimum absolute atomic E-state index is 0.111. The summed E-state index contributed by atoms with van der Waals surface area (Å²) < 4.78 is 21.5. The highest BCUT2D eigenvalue weighted by molar-refractivity contribution is 8.00. The molecule has 176 valence electrons. The van der Waals surface area contributed by atoms with Gasteiger partial charge in [0.05, 0.1) is 17.9 Å². The van der Waals surface area contributed by atoms with Gasteiger partial charge in [-0.25, -0.2) is 4.39 Å². The number of carbonyl (C=O) groups excluding carboxylic acids is 1. The van der Waals surface area contributed by atoms with Crippen molar-refractivity contribution in [1.29, 1.82) is 0 Å². The predicted molar refractivity (Wildman–Crippen MR) is 125 cm³/mol. The average molecular weight is 470 g/mol. The minimum atomic E-state index is -0.270. The number of ether oxygens (including phenoxy) is 1. The van der Waals surface area contributed by atoms with Gasteiger partial charge >= 0.3 is 0 Å². The Bertz CT molecular complexity index is 995. The van der Waals surface area contributed by atoms with E-state index in [-0.39, 0.29) is 22.6 Å².